The Labute approximate surface area is 382 Å². The van der Waals surface area contributed by atoms with Gasteiger partial charge >= 0.3 is 5.97 Å². The maximum absolute atomic E-state index is 13.5. The second kappa shape index (κ2) is 17.3. The fraction of sp³-hybridized carbons (Fsp3) is 0.760. The Bertz CT molecular complexity index is 1990. The molecule has 0 spiro atoms. The van der Waals surface area contributed by atoms with Gasteiger partial charge in [-0.1, -0.05) is 83.8 Å². The van der Waals surface area contributed by atoms with Crippen LogP contribution in [-0.2, 0) is 28.5 Å². The fourth-order valence-corrected chi connectivity index (χ4v) is 14.7. The lowest BCUT2D eigenvalue weighted by Gasteiger charge is -2.71. The van der Waals surface area contributed by atoms with Crippen LogP contribution in [0.2, 0.25) is 5.02 Å². The van der Waals surface area contributed by atoms with Crippen LogP contribution in [0.15, 0.2) is 42.0 Å². The molecule has 13 nitrogen and oxygen atoms in total. The maximum atomic E-state index is 13.5. The van der Waals surface area contributed by atoms with Gasteiger partial charge in [0.25, 0.3) is 0 Å². The molecule has 5 aliphatic carbocycles. The molecule has 1 aromatic carbocycles. The first-order valence-corrected chi connectivity index (χ1v) is 24.0. The molecular weight excluding hydrogens is 842 g/mol. The number of carbonyl (C=O) groups excluding carboxylic acids is 1. The van der Waals surface area contributed by atoms with Crippen molar-refractivity contribution in [1.82, 2.24) is 5.32 Å². The van der Waals surface area contributed by atoms with E-state index >= 15 is 0 Å². The minimum absolute atomic E-state index is 0.0317. The maximum Gasteiger partial charge on any atom is 0.310 e. The molecule has 6 fully saturated rings. The lowest BCUT2D eigenvalue weighted by molar-refractivity contribution is -0.322. The van der Waals surface area contributed by atoms with E-state index in [1.54, 1.807) is 30.3 Å². The first kappa shape index (κ1) is 48.0. The van der Waals surface area contributed by atoms with Crippen LogP contribution in [0.1, 0.15) is 118 Å². The number of nitrogens with one attached hydrogen (secondary N) is 1. The lowest BCUT2D eigenvalue weighted by atomic mass is 9.33. The van der Waals surface area contributed by atoms with Gasteiger partial charge in [-0.05, 0) is 133 Å². The molecule has 1 amide bonds. The Kier molecular flexibility index (Phi) is 13.0. The summed E-state index contributed by atoms with van der Waals surface area (Å²) in [5.74, 6) is -0.536. The SMILES string of the molecule is CC1(C)CC[C@]2(C(=O)O)CC[C@]3(C)C(=CC[C@@H]4[C@@]5(C)CC[C@H](O[C@@H]6O[C@H](CO[C@@H]7OC[C@H](O)[C@H](O)[C@H]7O)[C@@H](O)[C@H](O)[C@H]6NC(=O)/C=C/c6cccc(Cl)c6)C(C)(C)[C@@H]5CC[C@]43C)[C@@H]2C1. The van der Waals surface area contributed by atoms with Gasteiger partial charge in [-0.2, -0.15) is 0 Å². The van der Waals surface area contributed by atoms with E-state index in [2.05, 4.69) is 59.9 Å². The number of aliphatic hydroxyl groups excluding tert-OH is 5. The Morgan fingerprint density at radius 1 is 0.875 bits per heavy atom. The number of amides is 1. The number of rotatable bonds is 9. The number of fused-ring (bicyclic) bond motifs is 7. The summed E-state index contributed by atoms with van der Waals surface area (Å²) in [5.41, 5.74) is 0.875. The van der Waals surface area contributed by atoms with Crippen LogP contribution in [-0.4, -0.2) is 117 Å². The van der Waals surface area contributed by atoms with Crippen molar-refractivity contribution in [2.24, 2.45) is 50.2 Å². The Morgan fingerprint density at radius 2 is 1.61 bits per heavy atom. The third kappa shape index (κ3) is 8.03. The van der Waals surface area contributed by atoms with E-state index in [-0.39, 0.29) is 52.8 Å². The van der Waals surface area contributed by atoms with E-state index in [4.69, 9.17) is 30.5 Å². The molecular formula is C50H72ClNO12. The summed E-state index contributed by atoms with van der Waals surface area (Å²) >= 11 is 6.16. The molecule has 0 unspecified atom stereocenters. The van der Waals surface area contributed by atoms with Gasteiger partial charge < -0.3 is 54.9 Å². The molecule has 356 valence electrons. The average molecular weight is 915 g/mol. The van der Waals surface area contributed by atoms with Crippen molar-refractivity contribution in [3.8, 4) is 0 Å². The van der Waals surface area contributed by atoms with Crippen molar-refractivity contribution in [1.29, 1.82) is 0 Å². The van der Waals surface area contributed by atoms with E-state index in [1.807, 2.05) is 0 Å². The number of ether oxygens (including phenoxy) is 4. The van der Waals surface area contributed by atoms with Crippen LogP contribution in [0.3, 0.4) is 0 Å². The number of benzene rings is 1. The van der Waals surface area contributed by atoms with Crippen LogP contribution in [0, 0.1) is 50.2 Å². The third-order valence-corrected chi connectivity index (χ3v) is 18.7. The van der Waals surface area contributed by atoms with Crippen LogP contribution in [0.25, 0.3) is 6.08 Å². The number of hydrogen-bond acceptors (Lipinski definition) is 11. The van der Waals surface area contributed by atoms with Crippen LogP contribution in [0.5, 0.6) is 0 Å². The van der Waals surface area contributed by atoms with E-state index in [9.17, 15) is 40.2 Å². The first-order valence-electron chi connectivity index (χ1n) is 23.6. The predicted octanol–water partition coefficient (Wildman–Crippen LogP) is 6.01. The summed E-state index contributed by atoms with van der Waals surface area (Å²) in [6, 6.07) is 5.82. The summed E-state index contributed by atoms with van der Waals surface area (Å²) < 4.78 is 24.6. The number of hydrogen-bond donors (Lipinski definition) is 7. The molecule has 2 aliphatic heterocycles. The zero-order valence-electron chi connectivity index (χ0n) is 38.5. The quantitative estimate of drug-likeness (QED) is 0.0865. The minimum atomic E-state index is -1.57. The number of aliphatic carboxylic acids is 1. The number of aliphatic hydroxyl groups is 5. The van der Waals surface area contributed by atoms with Crippen molar-refractivity contribution in [2.45, 2.75) is 174 Å². The highest BCUT2D eigenvalue weighted by Crippen LogP contribution is 2.76. The summed E-state index contributed by atoms with van der Waals surface area (Å²) in [5, 5.41) is 68.0. The predicted molar refractivity (Wildman–Crippen MR) is 238 cm³/mol. The van der Waals surface area contributed by atoms with Crippen molar-refractivity contribution in [3.63, 3.8) is 0 Å². The average Bonchev–Trinajstić information content (AvgIpc) is 3.22. The zero-order chi connectivity index (χ0) is 46.4. The highest BCUT2D eigenvalue weighted by molar-refractivity contribution is 6.30. The van der Waals surface area contributed by atoms with Gasteiger partial charge in [0.1, 0.15) is 42.7 Å². The zero-order valence-corrected chi connectivity index (χ0v) is 39.3. The lowest BCUT2D eigenvalue weighted by Crippen LogP contribution is -2.67. The topological polar surface area (TPSA) is 204 Å². The van der Waals surface area contributed by atoms with E-state index in [1.165, 1.54) is 11.6 Å². The Morgan fingerprint density at radius 3 is 2.33 bits per heavy atom. The summed E-state index contributed by atoms with van der Waals surface area (Å²) in [6.45, 7) is 15.9. The standard InChI is InChI=1S/C50H72ClNO12/c1-45(2)19-21-50(44(59)60)22-20-48(6)29(30(50)24-45)12-13-34-47(5)17-16-35(46(3,4)33(47)15-18-49(34,48)7)64-42-37(52-36(54)14-11-27-9-8-10-28(51)23-27)40(57)39(56)32(63-42)26-62-43-41(58)38(55)31(53)25-61-43/h8-12,14,23,30-35,37-43,53,55-58H,13,15-22,24-26H2,1-7H3,(H,52,54)(H,59,60)/b14-11+/t30-,31-,32+,33-,34+,35-,37+,38-,39+,40+,41+,42-,43-,47-,48+,49+,50-/m0/s1. The largest absolute Gasteiger partial charge is 0.481 e. The molecule has 0 bridgehead atoms. The number of carboxylic acid groups (broad SMARTS) is 1. The molecule has 7 N–H and O–H groups in total. The normalized spacial score (nSPS) is 46.1. The number of carbonyl (C=O) groups is 2. The fourth-order valence-electron chi connectivity index (χ4n) is 14.5. The second-order valence-corrected chi connectivity index (χ2v) is 23.1. The van der Waals surface area contributed by atoms with Crippen molar-refractivity contribution in [3.05, 3.63) is 52.6 Å². The summed E-state index contributed by atoms with van der Waals surface area (Å²) in [4.78, 5) is 26.7. The third-order valence-electron chi connectivity index (χ3n) is 18.5. The van der Waals surface area contributed by atoms with Gasteiger partial charge in [0.05, 0.1) is 24.7 Å². The Hall–Kier alpha value is -2.43. The van der Waals surface area contributed by atoms with Gasteiger partial charge in [0.2, 0.25) is 5.91 Å². The van der Waals surface area contributed by atoms with Gasteiger partial charge in [-0.15, -0.1) is 0 Å². The molecule has 2 saturated heterocycles. The smallest absolute Gasteiger partial charge is 0.310 e. The molecule has 2 heterocycles. The molecule has 0 radical (unpaired) electrons. The molecule has 7 aliphatic rings. The molecule has 1 aromatic rings. The van der Waals surface area contributed by atoms with Crippen molar-refractivity contribution >= 4 is 29.6 Å². The van der Waals surface area contributed by atoms with Gasteiger partial charge in [-0.3, -0.25) is 9.59 Å². The highest BCUT2D eigenvalue weighted by Gasteiger charge is 2.69. The van der Waals surface area contributed by atoms with Crippen molar-refractivity contribution in [2.75, 3.05) is 13.2 Å². The molecule has 14 heteroatoms. The first-order chi connectivity index (χ1) is 30.0. The van der Waals surface area contributed by atoms with Gasteiger partial charge in [0.15, 0.2) is 12.6 Å². The molecule has 64 heavy (non-hydrogen) atoms. The summed E-state index contributed by atoms with van der Waals surface area (Å²) in [6.07, 6.45) is 2.38. The molecule has 8 rings (SSSR count). The Balaban J connectivity index is 1.04. The minimum Gasteiger partial charge on any atom is -0.481 e. The van der Waals surface area contributed by atoms with Gasteiger partial charge in [0, 0.05) is 11.1 Å². The van der Waals surface area contributed by atoms with Crippen LogP contribution in [0.4, 0.5) is 0 Å². The number of halogens is 1. The molecule has 17 atom stereocenters. The monoisotopic (exact) mass is 913 g/mol. The highest BCUT2D eigenvalue weighted by atomic mass is 35.5. The second-order valence-electron chi connectivity index (χ2n) is 22.7. The van der Waals surface area contributed by atoms with E-state index in [0.29, 0.717) is 29.3 Å². The number of allylic oxidation sites excluding steroid dienone is 2. The van der Waals surface area contributed by atoms with Crippen molar-refractivity contribution < 1.29 is 59.2 Å². The van der Waals surface area contributed by atoms with E-state index in [0.717, 1.165) is 51.4 Å². The number of carboxylic acids is 1. The van der Waals surface area contributed by atoms with Crippen LogP contribution < -0.4 is 5.32 Å². The summed E-state index contributed by atoms with van der Waals surface area (Å²) in [7, 11) is 0. The molecule has 0 aromatic heterocycles. The van der Waals surface area contributed by atoms with Crippen LogP contribution >= 0.6 is 11.6 Å². The van der Waals surface area contributed by atoms with Gasteiger partial charge in [-0.25, -0.2) is 0 Å². The van der Waals surface area contributed by atoms with E-state index < -0.39 is 78.0 Å². The molecule has 4 saturated carbocycles.